The summed E-state index contributed by atoms with van der Waals surface area (Å²) >= 11 is 0. The van der Waals surface area contributed by atoms with Gasteiger partial charge in [0.1, 0.15) is 5.69 Å². The molecular formula is C28H27F6N3O4S. The average Bonchev–Trinajstić information content (AvgIpc) is 2.96. The number of likely N-dealkylation sites (tertiary alicyclic amines) is 1. The van der Waals surface area contributed by atoms with Gasteiger partial charge in [-0.15, -0.1) is 0 Å². The number of sulfone groups is 1. The Morgan fingerprint density at radius 1 is 0.976 bits per heavy atom. The van der Waals surface area contributed by atoms with Crippen LogP contribution < -0.4 is 4.74 Å². The fourth-order valence-electron chi connectivity index (χ4n) is 5.13. The van der Waals surface area contributed by atoms with Crippen LogP contribution in [0.15, 0.2) is 59.8 Å². The second-order valence-corrected chi connectivity index (χ2v) is 12.0. The monoisotopic (exact) mass is 615 g/mol. The zero-order valence-electron chi connectivity index (χ0n) is 22.5. The van der Waals surface area contributed by atoms with Gasteiger partial charge >= 0.3 is 12.4 Å². The van der Waals surface area contributed by atoms with Crippen molar-refractivity contribution in [1.82, 2.24) is 14.9 Å². The first-order valence-corrected chi connectivity index (χ1v) is 14.5. The Kier molecular flexibility index (Phi) is 8.86. The van der Waals surface area contributed by atoms with Gasteiger partial charge in [-0.2, -0.15) is 26.3 Å². The number of carbonyl (C=O) groups excluding carboxylic acids is 1. The van der Waals surface area contributed by atoms with Crippen LogP contribution in [0.3, 0.4) is 0 Å². The first kappa shape index (κ1) is 31.3. The summed E-state index contributed by atoms with van der Waals surface area (Å²) in [4.78, 5) is 22.3. The molecule has 7 nitrogen and oxygen atoms in total. The van der Waals surface area contributed by atoms with Crippen LogP contribution in [0, 0.1) is 5.92 Å². The van der Waals surface area contributed by atoms with Crippen LogP contribution in [0.25, 0.3) is 11.1 Å². The second-order valence-electron chi connectivity index (χ2n) is 9.85. The van der Waals surface area contributed by atoms with E-state index >= 15 is 0 Å². The number of pyridine rings is 2. The number of ether oxygens (including phenoxy) is 1. The molecule has 4 rings (SSSR count). The number of piperidine rings is 1. The highest BCUT2D eigenvalue weighted by Gasteiger charge is 2.39. The number of amides is 1. The van der Waals surface area contributed by atoms with E-state index in [0.29, 0.717) is 12.3 Å². The zero-order valence-corrected chi connectivity index (χ0v) is 23.4. The first-order valence-electron chi connectivity index (χ1n) is 12.9. The van der Waals surface area contributed by atoms with Gasteiger partial charge < -0.3 is 9.64 Å². The van der Waals surface area contributed by atoms with Crippen LogP contribution in [-0.2, 0) is 22.2 Å². The molecule has 1 aliphatic rings. The van der Waals surface area contributed by atoms with Crippen molar-refractivity contribution in [3.05, 3.63) is 71.7 Å². The standard InChI is InChI=1S/C28H27F6N3O4S/c1-3-23(42(39,40)21-6-4-5-19(13-21)27(29,30)31)17-9-11-37(12-10-17)26(38)25-22(14-20(16-36-25)28(32,33)34)18-7-8-24(41-2)35-15-18/h4-8,13-17,23H,3,9-12H2,1-2H3. The molecule has 2 aromatic heterocycles. The Labute approximate surface area is 238 Å². The van der Waals surface area contributed by atoms with Crippen molar-refractivity contribution in [1.29, 1.82) is 0 Å². The van der Waals surface area contributed by atoms with Crippen molar-refractivity contribution in [3.63, 3.8) is 0 Å². The van der Waals surface area contributed by atoms with E-state index in [0.717, 1.165) is 24.3 Å². The summed E-state index contributed by atoms with van der Waals surface area (Å²) in [5.41, 5.74) is -2.20. The van der Waals surface area contributed by atoms with Gasteiger partial charge in [0.15, 0.2) is 9.84 Å². The lowest BCUT2D eigenvalue weighted by Crippen LogP contribution is -2.43. The van der Waals surface area contributed by atoms with Crippen molar-refractivity contribution in [2.75, 3.05) is 20.2 Å². The van der Waals surface area contributed by atoms with Gasteiger partial charge in [0.05, 0.1) is 28.4 Å². The maximum atomic E-state index is 13.5. The maximum absolute atomic E-state index is 13.5. The van der Waals surface area contributed by atoms with Crippen molar-refractivity contribution in [2.24, 2.45) is 5.92 Å². The highest BCUT2D eigenvalue weighted by atomic mass is 32.2. The predicted octanol–water partition coefficient (Wildman–Crippen LogP) is 6.29. The SMILES string of the molecule is CCC(C1CCN(C(=O)c2ncc(C(F)(F)F)cc2-c2ccc(OC)nc2)CC1)S(=O)(=O)c1cccc(C(F)(F)F)c1. The molecule has 0 bridgehead atoms. The summed E-state index contributed by atoms with van der Waals surface area (Å²) in [6.07, 6.45) is -6.97. The topological polar surface area (TPSA) is 89.5 Å². The van der Waals surface area contributed by atoms with E-state index in [-0.39, 0.29) is 55.1 Å². The molecule has 3 heterocycles. The first-order chi connectivity index (χ1) is 19.7. The normalized spacial score (nSPS) is 15.9. The summed E-state index contributed by atoms with van der Waals surface area (Å²) in [6.45, 7) is 1.80. The van der Waals surface area contributed by atoms with Gasteiger partial charge in [-0.25, -0.2) is 18.4 Å². The average molecular weight is 616 g/mol. The molecule has 0 spiro atoms. The summed E-state index contributed by atoms with van der Waals surface area (Å²) < 4.78 is 112. The highest BCUT2D eigenvalue weighted by Crippen LogP contribution is 2.37. The molecule has 0 N–H and O–H groups in total. The minimum atomic E-state index is -4.71. The van der Waals surface area contributed by atoms with Gasteiger partial charge in [-0.05, 0) is 55.5 Å². The van der Waals surface area contributed by atoms with E-state index in [9.17, 15) is 39.6 Å². The number of carbonyl (C=O) groups is 1. The lowest BCUT2D eigenvalue weighted by molar-refractivity contribution is -0.138. The molecule has 0 saturated carbocycles. The minimum Gasteiger partial charge on any atom is -0.481 e. The van der Waals surface area contributed by atoms with Crippen LogP contribution in [-0.4, -0.2) is 54.6 Å². The third kappa shape index (κ3) is 6.53. The summed E-state index contributed by atoms with van der Waals surface area (Å²) in [5, 5.41) is -0.983. The van der Waals surface area contributed by atoms with Crippen LogP contribution >= 0.6 is 0 Å². The summed E-state index contributed by atoms with van der Waals surface area (Å²) in [5.74, 6) is -0.870. The van der Waals surface area contributed by atoms with E-state index in [1.54, 1.807) is 6.92 Å². The van der Waals surface area contributed by atoms with E-state index in [1.807, 2.05) is 0 Å². The number of halogens is 6. The van der Waals surface area contributed by atoms with Crippen molar-refractivity contribution < 1.29 is 44.3 Å². The van der Waals surface area contributed by atoms with Gasteiger partial charge in [0.2, 0.25) is 5.88 Å². The molecule has 14 heteroatoms. The smallest absolute Gasteiger partial charge is 0.417 e. The zero-order chi connectivity index (χ0) is 30.9. The Bertz CT molecular complexity index is 1530. The Balaban J connectivity index is 1.56. The summed E-state index contributed by atoms with van der Waals surface area (Å²) in [6, 6.07) is 7.33. The van der Waals surface area contributed by atoms with Crippen molar-refractivity contribution in [3.8, 4) is 17.0 Å². The lowest BCUT2D eigenvalue weighted by Gasteiger charge is -2.35. The molecule has 0 radical (unpaired) electrons. The number of hydrogen-bond acceptors (Lipinski definition) is 6. The fraction of sp³-hybridized carbons (Fsp3) is 0.393. The van der Waals surface area contributed by atoms with Crippen molar-refractivity contribution >= 4 is 15.7 Å². The Hall–Kier alpha value is -3.68. The number of nitrogens with zero attached hydrogens (tertiary/aromatic N) is 3. The molecule has 1 aliphatic heterocycles. The van der Waals surface area contributed by atoms with E-state index in [1.165, 1.54) is 30.3 Å². The number of rotatable bonds is 7. The largest absolute Gasteiger partial charge is 0.481 e. The van der Waals surface area contributed by atoms with Crippen molar-refractivity contribution in [2.45, 2.75) is 48.7 Å². The number of methoxy groups -OCH3 is 1. The third-order valence-electron chi connectivity index (χ3n) is 7.32. The summed E-state index contributed by atoms with van der Waals surface area (Å²) in [7, 11) is -2.75. The molecule has 0 aliphatic carbocycles. The van der Waals surface area contributed by atoms with Crippen LogP contribution in [0.1, 0.15) is 47.8 Å². The number of benzene rings is 1. The molecule has 1 atom stereocenters. The number of alkyl halides is 6. The molecule has 226 valence electrons. The highest BCUT2D eigenvalue weighted by molar-refractivity contribution is 7.92. The van der Waals surface area contributed by atoms with Gasteiger partial charge in [-0.1, -0.05) is 13.0 Å². The Morgan fingerprint density at radius 2 is 1.64 bits per heavy atom. The fourth-order valence-corrected chi connectivity index (χ4v) is 7.25. The molecule has 3 aromatic rings. The van der Waals surface area contributed by atoms with E-state index < -0.39 is 55.3 Å². The van der Waals surface area contributed by atoms with Gasteiger partial charge in [0.25, 0.3) is 5.91 Å². The maximum Gasteiger partial charge on any atom is 0.417 e. The van der Waals surface area contributed by atoms with E-state index in [2.05, 4.69) is 9.97 Å². The number of aromatic nitrogens is 2. The number of hydrogen-bond donors (Lipinski definition) is 0. The van der Waals surface area contributed by atoms with Crippen LogP contribution in [0.2, 0.25) is 0 Å². The molecule has 1 fully saturated rings. The molecule has 1 saturated heterocycles. The molecule has 1 amide bonds. The van der Waals surface area contributed by atoms with E-state index in [4.69, 9.17) is 4.74 Å². The molecule has 1 aromatic carbocycles. The van der Waals surface area contributed by atoms with Gasteiger partial charge in [0, 0.05) is 42.7 Å². The third-order valence-corrected chi connectivity index (χ3v) is 9.74. The predicted molar refractivity (Wildman–Crippen MR) is 140 cm³/mol. The van der Waals surface area contributed by atoms with Gasteiger partial charge in [-0.3, -0.25) is 4.79 Å². The molecule has 1 unspecified atom stereocenters. The Morgan fingerprint density at radius 3 is 2.19 bits per heavy atom. The molecule has 42 heavy (non-hydrogen) atoms. The quantitative estimate of drug-likeness (QED) is 0.290. The second kappa shape index (κ2) is 11.9. The lowest BCUT2D eigenvalue weighted by atomic mass is 9.91. The molecular weight excluding hydrogens is 588 g/mol. The van der Waals surface area contributed by atoms with Crippen LogP contribution in [0.4, 0.5) is 26.3 Å². The minimum absolute atomic E-state index is 0.0781. The van der Waals surface area contributed by atoms with Crippen LogP contribution in [0.5, 0.6) is 5.88 Å².